The van der Waals surface area contributed by atoms with E-state index in [0.29, 0.717) is 11.1 Å². The van der Waals surface area contributed by atoms with Gasteiger partial charge < -0.3 is 20.3 Å². The lowest BCUT2D eigenvalue weighted by Crippen LogP contribution is -2.57. The van der Waals surface area contributed by atoms with E-state index in [2.05, 4.69) is 5.32 Å². The number of hydrogen-bond acceptors (Lipinski definition) is 4. The summed E-state index contributed by atoms with van der Waals surface area (Å²) >= 11 is 0. The highest BCUT2D eigenvalue weighted by Gasteiger charge is 2.49. The minimum absolute atomic E-state index is 0.0478. The molecule has 0 saturated carbocycles. The molecule has 0 aliphatic heterocycles. The van der Waals surface area contributed by atoms with Gasteiger partial charge in [0.1, 0.15) is 18.8 Å². The van der Waals surface area contributed by atoms with Gasteiger partial charge in [-0.1, -0.05) is 91.0 Å². The predicted molar refractivity (Wildman–Crippen MR) is 121 cm³/mol. The Morgan fingerprint density at radius 2 is 1.24 bits per heavy atom. The molecule has 3 rings (SSSR count). The van der Waals surface area contributed by atoms with Crippen molar-refractivity contribution in [2.24, 2.45) is 0 Å². The highest BCUT2D eigenvalue weighted by atomic mass is 19.3. The van der Waals surface area contributed by atoms with Crippen LogP contribution in [-0.4, -0.2) is 40.5 Å². The van der Waals surface area contributed by atoms with E-state index in [1.165, 1.54) is 0 Å². The average Bonchev–Trinajstić information content (AvgIpc) is 2.83. The molecule has 0 bridgehead atoms. The van der Waals surface area contributed by atoms with Gasteiger partial charge in [-0.15, -0.1) is 0 Å². The number of aliphatic hydroxyl groups is 2. The SMILES string of the molecule is O=C(NC(Cc1ccccc1)C(O)C(F)(F)C(O)Cc1ccccc1)OCc1ccccc1. The number of ether oxygens (including phenoxy) is 1. The molecule has 0 heterocycles. The number of amides is 1. The Kier molecular flexibility index (Phi) is 8.52. The van der Waals surface area contributed by atoms with Crippen LogP contribution in [0.5, 0.6) is 0 Å². The quantitative estimate of drug-likeness (QED) is 0.430. The number of carbonyl (C=O) groups excluding carboxylic acids is 1. The maximum atomic E-state index is 15.1. The molecule has 3 aromatic rings. The van der Waals surface area contributed by atoms with E-state index >= 15 is 8.78 Å². The molecule has 3 N–H and O–H groups in total. The van der Waals surface area contributed by atoms with E-state index in [4.69, 9.17) is 4.74 Å². The van der Waals surface area contributed by atoms with Crippen LogP contribution >= 0.6 is 0 Å². The van der Waals surface area contributed by atoms with Gasteiger partial charge in [0.05, 0.1) is 6.04 Å². The predicted octanol–water partition coefficient (Wildman–Crippen LogP) is 4.12. The summed E-state index contributed by atoms with van der Waals surface area (Å²) < 4.78 is 35.3. The molecule has 5 nitrogen and oxygen atoms in total. The Bertz CT molecular complexity index is 987. The van der Waals surface area contributed by atoms with Gasteiger partial charge in [-0.3, -0.25) is 0 Å². The molecule has 3 unspecified atom stereocenters. The second-order valence-electron chi connectivity index (χ2n) is 7.83. The van der Waals surface area contributed by atoms with Crippen LogP contribution in [0.15, 0.2) is 91.0 Å². The molecule has 1 amide bonds. The van der Waals surface area contributed by atoms with Crippen molar-refractivity contribution in [3.63, 3.8) is 0 Å². The molecule has 0 aliphatic carbocycles. The van der Waals surface area contributed by atoms with E-state index in [1.807, 2.05) is 6.07 Å². The van der Waals surface area contributed by atoms with Gasteiger partial charge in [0.2, 0.25) is 0 Å². The number of carbonyl (C=O) groups is 1. The third-order valence-corrected chi connectivity index (χ3v) is 5.31. The normalized spacial score (nSPS) is 14.2. The number of rotatable bonds is 10. The number of hydrogen-bond donors (Lipinski definition) is 3. The molecular formula is C26H27F2NO4. The monoisotopic (exact) mass is 455 g/mol. The number of benzene rings is 3. The highest BCUT2D eigenvalue weighted by Crippen LogP contribution is 2.29. The average molecular weight is 456 g/mol. The Morgan fingerprint density at radius 3 is 1.76 bits per heavy atom. The standard InChI is InChI=1S/C26H27F2NO4/c27-26(28,23(30)17-20-12-6-2-7-13-20)24(31)22(16-19-10-4-1-5-11-19)29-25(32)33-18-21-14-8-3-9-15-21/h1-15,22-24,30-31H,16-18H2,(H,29,32). The summed E-state index contributed by atoms with van der Waals surface area (Å²) in [6.07, 6.45) is -5.85. The third-order valence-electron chi connectivity index (χ3n) is 5.31. The van der Waals surface area contributed by atoms with Crippen LogP contribution in [0.1, 0.15) is 16.7 Å². The van der Waals surface area contributed by atoms with Gasteiger partial charge in [0.15, 0.2) is 0 Å². The molecule has 0 aromatic heterocycles. The summed E-state index contributed by atoms with van der Waals surface area (Å²) in [6.45, 7) is -0.0478. The van der Waals surface area contributed by atoms with Crippen molar-refractivity contribution >= 4 is 6.09 Å². The van der Waals surface area contributed by atoms with Gasteiger partial charge >= 0.3 is 12.0 Å². The summed E-state index contributed by atoms with van der Waals surface area (Å²) in [7, 11) is 0. The van der Waals surface area contributed by atoms with Crippen LogP contribution in [0.3, 0.4) is 0 Å². The summed E-state index contributed by atoms with van der Waals surface area (Å²) in [5.74, 6) is -3.89. The first-order chi connectivity index (χ1) is 15.9. The zero-order valence-electron chi connectivity index (χ0n) is 18.0. The number of nitrogens with one attached hydrogen (secondary N) is 1. The zero-order valence-corrected chi connectivity index (χ0v) is 18.0. The summed E-state index contributed by atoms with van der Waals surface area (Å²) in [5, 5.41) is 23.2. The Labute approximate surface area is 191 Å². The fraction of sp³-hybridized carbons (Fsp3) is 0.269. The largest absolute Gasteiger partial charge is 0.445 e. The summed E-state index contributed by atoms with van der Waals surface area (Å²) in [6, 6.07) is 24.5. The third kappa shape index (κ3) is 7.10. The summed E-state index contributed by atoms with van der Waals surface area (Å²) in [5.41, 5.74) is 1.88. The van der Waals surface area contributed by atoms with Crippen LogP contribution in [0.2, 0.25) is 0 Å². The highest BCUT2D eigenvalue weighted by molar-refractivity contribution is 5.67. The van der Waals surface area contributed by atoms with Crippen molar-refractivity contribution in [3.8, 4) is 0 Å². The first kappa shape index (κ1) is 24.4. The van der Waals surface area contributed by atoms with Gasteiger partial charge in [-0.25, -0.2) is 13.6 Å². The number of alkyl halides is 2. The fourth-order valence-corrected chi connectivity index (χ4v) is 3.46. The molecule has 7 heteroatoms. The van der Waals surface area contributed by atoms with Crippen LogP contribution in [-0.2, 0) is 24.2 Å². The maximum absolute atomic E-state index is 15.1. The lowest BCUT2D eigenvalue weighted by Gasteiger charge is -2.33. The van der Waals surface area contributed by atoms with E-state index in [1.54, 1.807) is 84.9 Å². The van der Waals surface area contributed by atoms with Crippen LogP contribution in [0.4, 0.5) is 13.6 Å². The molecule has 0 saturated heterocycles. The molecule has 0 aliphatic rings. The van der Waals surface area contributed by atoms with Crippen LogP contribution in [0, 0.1) is 0 Å². The zero-order chi connectivity index (χ0) is 23.7. The Balaban J connectivity index is 1.71. The van der Waals surface area contributed by atoms with Gasteiger partial charge in [0, 0.05) is 6.42 Å². The van der Waals surface area contributed by atoms with Gasteiger partial charge in [-0.2, -0.15) is 0 Å². The van der Waals surface area contributed by atoms with Gasteiger partial charge in [0.25, 0.3) is 0 Å². The Hall–Kier alpha value is -3.29. The molecule has 3 aromatic carbocycles. The lowest BCUT2D eigenvalue weighted by atomic mass is 9.92. The van der Waals surface area contributed by atoms with Crippen LogP contribution < -0.4 is 5.32 Å². The molecule has 0 fully saturated rings. The number of alkyl carbamates (subject to hydrolysis) is 1. The van der Waals surface area contributed by atoms with Crippen LogP contribution in [0.25, 0.3) is 0 Å². The minimum atomic E-state index is -3.89. The van der Waals surface area contributed by atoms with Crippen molar-refractivity contribution in [3.05, 3.63) is 108 Å². The fourth-order valence-electron chi connectivity index (χ4n) is 3.46. The number of halogens is 2. The van der Waals surface area contributed by atoms with Crippen molar-refractivity contribution in [1.82, 2.24) is 5.32 Å². The first-order valence-corrected chi connectivity index (χ1v) is 10.6. The molecule has 3 atom stereocenters. The van der Waals surface area contributed by atoms with E-state index < -0.39 is 30.3 Å². The van der Waals surface area contributed by atoms with Crippen molar-refractivity contribution in [1.29, 1.82) is 0 Å². The van der Waals surface area contributed by atoms with Crippen molar-refractivity contribution in [2.45, 2.75) is 43.6 Å². The molecule has 0 radical (unpaired) electrons. The topological polar surface area (TPSA) is 78.8 Å². The molecule has 0 spiro atoms. The maximum Gasteiger partial charge on any atom is 0.407 e. The second kappa shape index (κ2) is 11.5. The Morgan fingerprint density at radius 1 is 0.788 bits per heavy atom. The van der Waals surface area contributed by atoms with E-state index in [-0.39, 0.29) is 19.4 Å². The van der Waals surface area contributed by atoms with E-state index in [9.17, 15) is 15.0 Å². The van der Waals surface area contributed by atoms with Gasteiger partial charge in [-0.05, 0) is 23.1 Å². The smallest absolute Gasteiger partial charge is 0.407 e. The van der Waals surface area contributed by atoms with Crippen molar-refractivity contribution in [2.75, 3.05) is 0 Å². The number of aliphatic hydroxyl groups excluding tert-OH is 2. The second-order valence-corrected chi connectivity index (χ2v) is 7.83. The lowest BCUT2D eigenvalue weighted by molar-refractivity contribution is -0.183. The molecular weight excluding hydrogens is 428 g/mol. The minimum Gasteiger partial charge on any atom is -0.445 e. The molecule has 174 valence electrons. The van der Waals surface area contributed by atoms with Crippen molar-refractivity contribution < 1.29 is 28.5 Å². The van der Waals surface area contributed by atoms with E-state index in [0.717, 1.165) is 5.56 Å². The first-order valence-electron chi connectivity index (χ1n) is 10.6. The summed E-state index contributed by atoms with van der Waals surface area (Å²) in [4.78, 5) is 12.4. The molecule has 33 heavy (non-hydrogen) atoms.